The fraction of sp³-hybridized carbons (Fsp3) is 0. The summed E-state index contributed by atoms with van der Waals surface area (Å²) in [5.41, 5.74) is 29.6. The maximum atomic E-state index is 9.43. The van der Waals surface area contributed by atoms with Gasteiger partial charge >= 0.3 is 0 Å². The van der Waals surface area contributed by atoms with Gasteiger partial charge in [-0.25, -0.2) is 0 Å². The lowest BCUT2D eigenvalue weighted by Gasteiger charge is -2.22. The normalized spacial score (nSPS) is 12.0. The van der Waals surface area contributed by atoms with Crippen LogP contribution in [0.3, 0.4) is 0 Å². The second kappa shape index (κ2) is 33.4. The zero-order valence-electron chi connectivity index (χ0n) is 80.0. The van der Waals surface area contributed by atoms with Gasteiger partial charge in [-0.15, -0.1) is 0 Å². The van der Waals surface area contributed by atoms with E-state index in [-0.39, 0.29) is 0 Å². The molecule has 0 unspecified atom stereocenters. The highest BCUT2D eigenvalue weighted by Crippen LogP contribution is 2.56. The van der Waals surface area contributed by atoms with E-state index in [0.717, 1.165) is 134 Å². The number of benzene rings is 28. The number of rotatable bonds is 9. The number of nitriles is 3. The third-order valence-corrected chi connectivity index (χ3v) is 31.5. The van der Waals surface area contributed by atoms with E-state index in [1.807, 2.05) is 97.2 Å². The van der Waals surface area contributed by atoms with Crippen molar-refractivity contribution in [3.63, 3.8) is 0 Å². The zero-order chi connectivity index (χ0) is 98.3. The molecule has 7 heteroatoms. The zero-order valence-corrected chi connectivity index (χ0v) is 80.0. The van der Waals surface area contributed by atoms with Gasteiger partial charge in [0.2, 0.25) is 0 Å². The first-order valence-electron chi connectivity index (χ1n) is 50.4. The van der Waals surface area contributed by atoms with Crippen LogP contribution in [0.25, 0.3) is 284 Å². The van der Waals surface area contributed by atoms with Crippen molar-refractivity contribution < 1.29 is 14.2 Å². The van der Waals surface area contributed by atoms with Crippen LogP contribution < -0.4 is 14.2 Å². The summed E-state index contributed by atoms with van der Waals surface area (Å²) in [4.78, 5) is 4.67. The first-order chi connectivity index (χ1) is 73.7. The summed E-state index contributed by atoms with van der Waals surface area (Å²) in [6.07, 6.45) is 1.86. The van der Waals surface area contributed by atoms with Crippen molar-refractivity contribution in [3.05, 3.63) is 490 Å². The lowest BCUT2D eigenvalue weighted by molar-refractivity contribution is 0.486. The van der Waals surface area contributed by atoms with Crippen molar-refractivity contribution in [1.82, 2.24) is 4.98 Å². The Kier molecular flexibility index (Phi) is 18.9. The van der Waals surface area contributed by atoms with Gasteiger partial charge in [0.1, 0.15) is 34.5 Å². The first-order valence-corrected chi connectivity index (χ1v) is 50.4. The molecule has 3 aliphatic heterocycles. The number of hydrogen-bond acceptors (Lipinski definition) is 7. The van der Waals surface area contributed by atoms with Crippen LogP contribution in [-0.2, 0) is 0 Å². The van der Waals surface area contributed by atoms with Gasteiger partial charge in [0.15, 0.2) is 0 Å². The fourth-order valence-electron chi connectivity index (χ4n) is 24.6. The molecule has 0 saturated carbocycles. The van der Waals surface area contributed by atoms with E-state index in [2.05, 4.69) is 399 Å². The highest BCUT2D eigenvalue weighted by Gasteiger charge is 2.29. The van der Waals surface area contributed by atoms with Crippen LogP contribution in [0.1, 0.15) is 16.7 Å². The van der Waals surface area contributed by atoms with E-state index in [0.29, 0.717) is 16.7 Å². The second-order valence-corrected chi connectivity index (χ2v) is 39.3. The minimum absolute atomic E-state index is 0.593. The van der Waals surface area contributed by atoms with E-state index in [1.165, 1.54) is 185 Å². The van der Waals surface area contributed by atoms with Crippen LogP contribution in [0.2, 0.25) is 0 Å². The summed E-state index contributed by atoms with van der Waals surface area (Å²) in [5.74, 6) is 4.64. The molecule has 149 heavy (non-hydrogen) atoms. The molecule has 4 heterocycles. The Bertz CT molecular complexity index is 10900. The molecule has 0 bridgehead atoms. The van der Waals surface area contributed by atoms with Gasteiger partial charge in [0.05, 0.1) is 40.6 Å². The second-order valence-electron chi connectivity index (χ2n) is 39.3. The van der Waals surface area contributed by atoms with Crippen molar-refractivity contribution in [2.75, 3.05) is 0 Å². The van der Waals surface area contributed by atoms with Crippen molar-refractivity contribution in [3.8, 4) is 186 Å². The lowest BCUT2D eigenvalue weighted by atomic mass is 9.86. The van der Waals surface area contributed by atoms with Crippen LogP contribution in [0, 0.1) is 34.0 Å². The average molecular weight is 1890 g/mol. The van der Waals surface area contributed by atoms with Crippen molar-refractivity contribution in [1.29, 1.82) is 15.8 Å². The Labute approximate surface area is 856 Å². The molecule has 0 N–H and O–H groups in total. The van der Waals surface area contributed by atoms with Crippen molar-refractivity contribution in [2.45, 2.75) is 0 Å². The molecular weight excluding hydrogens is 1810 g/mol. The van der Waals surface area contributed by atoms with Gasteiger partial charge in [-0.1, -0.05) is 376 Å². The smallest absolute Gasteiger partial charge is 0.136 e. The van der Waals surface area contributed by atoms with E-state index in [1.54, 1.807) is 0 Å². The van der Waals surface area contributed by atoms with Gasteiger partial charge < -0.3 is 14.2 Å². The summed E-state index contributed by atoms with van der Waals surface area (Å²) in [6, 6.07) is 174. The number of aromatic nitrogens is 1. The maximum absolute atomic E-state index is 9.43. The average Bonchev–Trinajstić information content (AvgIpc) is 0.677. The van der Waals surface area contributed by atoms with Gasteiger partial charge in [-0.05, 0) is 331 Å². The largest absolute Gasteiger partial charge is 0.456 e. The Morgan fingerprint density at radius 1 is 0.148 bits per heavy atom. The Balaban J connectivity index is 0.000000103. The minimum atomic E-state index is 0.593. The molecule has 0 spiro atoms. The Morgan fingerprint density at radius 3 is 0.772 bits per heavy atom. The van der Waals surface area contributed by atoms with E-state index >= 15 is 0 Å². The van der Waals surface area contributed by atoms with Gasteiger partial charge in [-0.3, -0.25) is 4.98 Å². The highest BCUT2D eigenvalue weighted by molar-refractivity contribution is 6.32. The topological polar surface area (TPSA) is 112 Å². The fourth-order valence-corrected chi connectivity index (χ4v) is 24.6. The molecule has 32 rings (SSSR count). The van der Waals surface area contributed by atoms with E-state index in [9.17, 15) is 15.8 Å². The predicted molar refractivity (Wildman–Crippen MR) is 615 cm³/mol. The number of ether oxygens (including phenoxy) is 3. The van der Waals surface area contributed by atoms with E-state index in [4.69, 9.17) is 14.2 Å². The number of hydrogen-bond donors (Lipinski definition) is 0. The molecule has 3 aliphatic rings. The summed E-state index contributed by atoms with van der Waals surface area (Å²) < 4.78 is 19.0. The Morgan fingerprint density at radius 2 is 0.403 bits per heavy atom. The lowest BCUT2D eigenvalue weighted by Crippen LogP contribution is -1.98. The third kappa shape index (κ3) is 13.3. The van der Waals surface area contributed by atoms with Crippen LogP contribution >= 0.6 is 0 Å². The molecule has 684 valence electrons. The predicted octanol–water partition coefficient (Wildman–Crippen LogP) is 38.8. The number of nitrogens with zero attached hydrogens (tertiary/aromatic N) is 4. The molecule has 0 atom stereocenters. The third-order valence-electron chi connectivity index (χ3n) is 31.5. The summed E-state index contributed by atoms with van der Waals surface area (Å²) in [6.45, 7) is 0. The molecule has 0 saturated heterocycles. The molecule has 0 fully saturated rings. The van der Waals surface area contributed by atoms with Crippen molar-refractivity contribution in [2.24, 2.45) is 0 Å². The minimum Gasteiger partial charge on any atom is -0.456 e. The molecule has 28 aromatic carbocycles. The summed E-state index contributed by atoms with van der Waals surface area (Å²) >= 11 is 0. The van der Waals surface area contributed by atoms with Crippen LogP contribution in [-0.4, -0.2) is 4.98 Å². The highest BCUT2D eigenvalue weighted by atomic mass is 16.5. The van der Waals surface area contributed by atoms with Crippen LogP contribution in [0.15, 0.2) is 473 Å². The molecule has 0 aliphatic carbocycles. The van der Waals surface area contributed by atoms with Gasteiger partial charge in [0.25, 0.3) is 0 Å². The monoisotopic (exact) mass is 1890 g/mol. The first kappa shape index (κ1) is 84.3. The summed E-state index contributed by atoms with van der Waals surface area (Å²) in [5, 5.41) is 63.1. The van der Waals surface area contributed by atoms with E-state index < -0.39 is 0 Å². The quantitative estimate of drug-likeness (QED) is 0.132. The Hall–Kier alpha value is -20.4. The SMILES string of the molecule is N#Cc1ccc2c(c1)Oc1cccc3c(-c4ccc(-c5ccc6ccc7c(-c8ccc9ccccc9c8)ccc8ccc5c6c87)cc4)ccc-2c13.N#Cc1ccc2c(c1)Oc1cccc3c(-c4ccc(-c5ccc6ccc7c(-c8cccc9ccccc89)ccc8ccc5c6c87)cc4)ccc-2c13.N#Cc1ccc2c(c1)Oc1cccc3c(-c4ccc(-c5ccc6ccc7c(-c8ccccn8)ccc8ccc5c6c87)cc4)ccc-2c13. The summed E-state index contributed by atoms with van der Waals surface area (Å²) in [7, 11) is 0. The molecule has 7 nitrogen and oxygen atoms in total. The van der Waals surface area contributed by atoms with Crippen LogP contribution in [0.4, 0.5) is 0 Å². The number of pyridine rings is 1. The molecular formula is C142H78N4O3. The van der Waals surface area contributed by atoms with Gasteiger partial charge in [-0.2, -0.15) is 15.8 Å². The maximum Gasteiger partial charge on any atom is 0.136 e. The molecule has 0 amide bonds. The molecule has 0 radical (unpaired) electrons. The molecule has 1 aromatic heterocycles. The van der Waals surface area contributed by atoms with Crippen molar-refractivity contribution >= 4 is 151 Å². The molecule has 29 aromatic rings. The van der Waals surface area contributed by atoms with Gasteiger partial charge in [0, 0.05) is 44.6 Å². The van der Waals surface area contributed by atoms with Crippen LogP contribution in [0.5, 0.6) is 34.5 Å². The standard InChI is InChI=1S/2C49H27NO.C44H24N2O/c50-28-29-11-20-40-44-26-25-37(41-9-4-10-45(49(41)44)51-46(40)27-29)32-14-12-31(13-15-32)36-21-16-33-19-24-43-39(22-17-34-18-23-42(36)47(33)48(34)43)38-8-3-6-30-5-1-2-7-35(30)38;50-28-29-8-19-40-44-25-24-38(41-6-3-7-45(49(41)44)51-46(40)26-29)32-12-10-31(11-13-32)37-20-15-33-18-23-43-39(21-16-34-17-22-42(37)47(33)48(34)43)36-14-9-30-4-1-2-5-35(30)27-36;45-25-26-7-16-34-38-22-21-32(35-4-3-6-40(44(35)38)47-41(34)24-26)28-10-8-27(9-11-28)31-17-12-29-15-20-37-33(39-5-1-2-23-46-39)18-13-30-14-19-36(31)42(29)43(30)37/h2*1-27H;1-24H. The number of fused-ring (bicyclic) bond motifs is 8.